The molecule has 0 radical (unpaired) electrons. The van der Waals surface area contributed by atoms with Gasteiger partial charge in [0, 0.05) is 5.92 Å². The second-order valence-corrected chi connectivity index (χ2v) is 6.38. The summed E-state index contributed by atoms with van der Waals surface area (Å²) in [5.41, 5.74) is -2.30. The number of nitrogens with one attached hydrogen (secondary N) is 2. The molecule has 0 saturated carbocycles. The predicted octanol–water partition coefficient (Wildman–Crippen LogP) is 0.551. The van der Waals surface area contributed by atoms with Crippen LogP contribution in [0.4, 0.5) is 4.79 Å². The number of methoxy groups -OCH3 is 1. The molecule has 8 heteroatoms. The van der Waals surface area contributed by atoms with E-state index in [0.717, 1.165) is 0 Å². The lowest BCUT2D eigenvalue weighted by atomic mass is 9.96. The van der Waals surface area contributed by atoms with E-state index in [-0.39, 0.29) is 12.5 Å². The molecule has 1 aliphatic rings. The molecule has 0 unspecified atom stereocenters. The van der Waals surface area contributed by atoms with Crippen molar-refractivity contribution in [2.45, 2.75) is 52.0 Å². The SMILES string of the molecule is COC(=O)[C@@H]1CO[C@](NC(=O)OC(C)(C)C)(C(C)C)C(=O)N1. The maximum atomic E-state index is 12.4. The van der Waals surface area contributed by atoms with Crippen LogP contribution in [0.25, 0.3) is 0 Å². The number of esters is 1. The smallest absolute Gasteiger partial charge is 0.410 e. The summed E-state index contributed by atoms with van der Waals surface area (Å²) in [5.74, 6) is -1.60. The van der Waals surface area contributed by atoms with Crippen LogP contribution >= 0.6 is 0 Å². The van der Waals surface area contributed by atoms with Crippen molar-refractivity contribution in [3.63, 3.8) is 0 Å². The molecule has 126 valence electrons. The van der Waals surface area contributed by atoms with Crippen LogP contribution in [0.15, 0.2) is 0 Å². The number of carbonyl (C=O) groups is 3. The standard InChI is InChI=1S/C14H24N2O6/c1-8(2)14(16-12(19)22-13(3,4)5)11(18)15-9(7-21-14)10(17)20-6/h8-9H,7H2,1-6H3,(H,15,18)(H,16,19)/t9-,14+/m0/s1. The molecule has 0 aliphatic carbocycles. The van der Waals surface area contributed by atoms with Gasteiger partial charge in [-0.3, -0.25) is 10.1 Å². The van der Waals surface area contributed by atoms with Crippen molar-refractivity contribution < 1.29 is 28.6 Å². The third kappa shape index (κ3) is 4.09. The molecule has 8 nitrogen and oxygen atoms in total. The van der Waals surface area contributed by atoms with E-state index < -0.39 is 35.3 Å². The lowest BCUT2D eigenvalue weighted by Gasteiger charge is -2.41. The van der Waals surface area contributed by atoms with E-state index in [9.17, 15) is 14.4 Å². The van der Waals surface area contributed by atoms with Crippen molar-refractivity contribution in [1.29, 1.82) is 0 Å². The first kappa shape index (κ1) is 18.2. The number of alkyl carbamates (subject to hydrolysis) is 1. The first-order valence-corrected chi connectivity index (χ1v) is 7.05. The third-order valence-corrected chi connectivity index (χ3v) is 3.11. The van der Waals surface area contributed by atoms with Gasteiger partial charge in [-0.1, -0.05) is 13.8 Å². The summed E-state index contributed by atoms with van der Waals surface area (Å²) in [7, 11) is 1.22. The van der Waals surface area contributed by atoms with E-state index in [0.29, 0.717) is 0 Å². The summed E-state index contributed by atoms with van der Waals surface area (Å²) >= 11 is 0. The van der Waals surface area contributed by atoms with Crippen LogP contribution in [0, 0.1) is 5.92 Å². The van der Waals surface area contributed by atoms with Crippen molar-refractivity contribution in [3.05, 3.63) is 0 Å². The highest BCUT2D eigenvalue weighted by atomic mass is 16.6. The molecule has 0 bridgehead atoms. The number of carbonyl (C=O) groups excluding carboxylic acids is 3. The molecule has 1 rings (SSSR count). The summed E-state index contributed by atoms with van der Waals surface area (Å²) in [5, 5.41) is 4.97. The van der Waals surface area contributed by atoms with Crippen molar-refractivity contribution in [3.8, 4) is 0 Å². The fraction of sp³-hybridized carbons (Fsp3) is 0.786. The van der Waals surface area contributed by atoms with Gasteiger partial charge in [0.05, 0.1) is 13.7 Å². The Balaban J connectivity index is 2.88. The van der Waals surface area contributed by atoms with Crippen LogP contribution in [0.5, 0.6) is 0 Å². The Morgan fingerprint density at radius 1 is 1.41 bits per heavy atom. The quantitative estimate of drug-likeness (QED) is 0.737. The van der Waals surface area contributed by atoms with Gasteiger partial charge in [0.1, 0.15) is 5.60 Å². The minimum Gasteiger partial charge on any atom is -0.467 e. The molecule has 0 aromatic rings. The molecule has 1 heterocycles. The van der Waals surface area contributed by atoms with Crippen LogP contribution in [0.3, 0.4) is 0 Å². The average Bonchev–Trinajstić information content (AvgIpc) is 2.37. The Labute approximate surface area is 129 Å². The van der Waals surface area contributed by atoms with Crippen LogP contribution in [0.1, 0.15) is 34.6 Å². The van der Waals surface area contributed by atoms with E-state index in [2.05, 4.69) is 15.4 Å². The summed E-state index contributed by atoms with van der Waals surface area (Å²) in [6, 6.07) is -0.898. The topological polar surface area (TPSA) is 103 Å². The number of morpholine rings is 1. The van der Waals surface area contributed by atoms with Gasteiger partial charge in [0.25, 0.3) is 5.91 Å². The van der Waals surface area contributed by atoms with E-state index >= 15 is 0 Å². The van der Waals surface area contributed by atoms with E-state index in [1.165, 1.54) is 7.11 Å². The molecule has 1 saturated heterocycles. The zero-order valence-electron chi connectivity index (χ0n) is 13.8. The third-order valence-electron chi connectivity index (χ3n) is 3.11. The van der Waals surface area contributed by atoms with Gasteiger partial charge in [-0.2, -0.15) is 0 Å². The first-order valence-electron chi connectivity index (χ1n) is 7.05. The van der Waals surface area contributed by atoms with Crippen molar-refractivity contribution >= 4 is 18.0 Å². The molecule has 0 aromatic carbocycles. The Morgan fingerprint density at radius 3 is 2.41 bits per heavy atom. The second-order valence-electron chi connectivity index (χ2n) is 6.38. The molecule has 2 amide bonds. The minimum atomic E-state index is -1.59. The molecular weight excluding hydrogens is 292 g/mol. The number of rotatable bonds is 3. The van der Waals surface area contributed by atoms with Gasteiger partial charge < -0.3 is 19.5 Å². The summed E-state index contributed by atoms with van der Waals surface area (Å²) < 4.78 is 15.3. The number of ether oxygens (including phenoxy) is 3. The van der Waals surface area contributed by atoms with Crippen molar-refractivity contribution in [2.24, 2.45) is 5.92 Å². The molecule has 2 N–H and O–H groups in total. The molecule has 0 aromatic heterocycles. The maximum Gasteiger partial charge on any atom is 0.410 e. The fourth-order valence-corrected chi connectivity index (χ4v) is 1.98. The number of hydrogen-bond donors (Lipinski definition) is 2. The average molecular weight is 316 g/mol. The molecular formula is C14H24N2O6. The highest BCUT2D eigenvalue weighted by Crippen LogP contribution is 2.24. The molecule has 1 fully saturated rings. The summed E-state index contributed by atoms with van der Waals surface area (Å²) in [6.07, 6.45) is -0.770. The highest BCUT2D eigenvalue weighted by molar-refractivity contribution is 5.93. The molecule has 22 heavy (non-hydrogen) atoms. The Bertz CT molecular complexity index is 457. The van der Waals surface area contributed by atoms with Gasteiger partial charge in [0.15, 0.2) is 6.04 Å². The zero-order valence-corrected chi connectivity index (χ0v) is 13.8. The predicted molar refractivity (Wildman–Crippen MR) is 76.8 cm³/mol. The second kappa shape index (κ2) is 6.51. The molecule has 0 spiro atoms. The number of hydrogen-bond acceptors (Lipinski definition) is 6. The lowest BCUT2D eigenvalue weighted by Crippen LogP contribution is -2.70. The monoisotopic (exact) mass is 316 g/mol. The van der Waals surface area contributed by atoms with Gasteiger partial charge >= 0.3 is 12.1 Å². The van der Waals surface area contributed by atoms with Crippen molar-refractivity contribution in [2.75, 3.05) is 13.7 Å². The van der Waals surface area contributed by atoms with Gasteiger partial charge in [-0.05, 0) is 20.8 Å². The van der Waals surface area contributed by atoms with Crippen molar-refractivity contribution in [1.82, 2.24) is 10.6 Å². The lowest BCUT2D eigenvalue weighted by molar-refractivity contribution is -0.180. The zero-order chi connectivity index (χ0) is 17.1. The summed E-state index contributed by atoms with van der Waals surface area (Å²) in [4.78, 5) is 35.8. The Hall–Kier alpha value is -1.83. The van der Waals surface area contributed by atoms with E-state index in [1.54, 1.807) is 34.6 Å². The fourth-order valence-electron chi connectivity index (χ4n) is 1.98. The van der Waals surface area contributed by atoms with E-state index in [4.69, 9.17) is 9.47 Å². The van der Waals surface area contributed by atoms with Gasteiger partial charge in [-0.15, -0.1) is 0 Å². The normalized spacial score (nSPS) is 25.4. The van der Waals surface area contributed by atoms with E-state index in [1.807, 2.05) is 0 Å². The highest BCUT2D eigenvalue weighted by Gasteiger charge is 2.50. The first-order chi connectivity index (χ1) is 10.0. The van der Waals surface area contributed by atoms with Gasteiger partial charge in [0.2, 0.25) is 5.72 Å². The van der Waals surface area contributed by atoms with Crippen LogP contribution < -0.4 is 10.6 Å². The maximum absolute atomic E-state index is 12.4. The van der Waals surface area contributed by atoms with Crippen LogP contribution in [0.2, 0.25) is 0 Å². The van der Waals surface area contributed by atoms with Gasteiger partial charge in [-0.25, -0.2) is 9.59 Å². The largest absolute Gasteiger partial charge is 0.467 e. The molecule has 1 aliphatic heterocycles. The number of amides is 2. The Morgan fingerprint density at radius 2 is 2.00 bits per heavy atom. The molecule has 2 atom stereocenters. The Kier molecular flexibility index (Phi) is 5.39. The summed E-state index contributed by atoms with van der Waals surface area (Å²) in [6.45, 7) is 8.47. The minimum absolute atomic E-state index is 0.105. The van der Waals surface area contributed by atoms with Crippen LogP contribution in [-0.4, -0.2) is 49.1 Å². The van der Waals surface area contributed by atoms with Crippen LogP contribution in [-0.2, 0) is 23.8 Å².